The smallest absolute Gasteiger partial charge is 0.0399 e. The van der Waals surface area contributed by atoms with Crippen LogP contribution in [0.5, 0.6) is 0 Å². The van der Waals surface area contributed by atoms with Crippen LogP contribution in [0.15, 0.2) is 54.6 Å². The van der Waals surface area contributed by atoms with Crippen molar-refractivity contribution in [2.24, 2.45) is 5.41 Å². The zero-order valence-corrected chi connectivity index (χ0v) is 16.5. The van der Waals surface area contributed by atoms with E-state index in [1.54, 1.807) is 5.56 Å². The summed E-state index contributed by atoms with van der Waals surface area (Å²) in [6.07, 6.45) is 4.18. The molecule has 1 saturated carbocycles. The van der Waals surface area contributed by atoms with Gasteiger partial charge in [-0.25, -0.2) is 0 Å². The molecule has 2 aliphatic rings. The molecule has 1 nitrogen and oxygen atoms in total. The van der Waals surface area contributed by atoms with Gasteiger partial charge in [0.05, 0.1) is 0 Å². The average molecular weight is 344 g/mol. The number of fused-ring (bicyclic) bond motifs is 2. The predicted molar refractivity (Wildman–Crippen MR) is 113 cm³/mol. The van der Waals surface area contributed by atoms with Gasteiger partial charge in [0.25, 0.3) is 0 Å². The van der Waals surface area contributed by atoms with Crippen LogP contribution >= 0.6 is 0 Å². The third-order valence-electron chi connectivity index (χ3n) is 5.90. The van der Waals surface area contributed by atoms with Crippen molar-refractivity contribution >= 4 is 16.5 Å². The van der Waals surface area contributed by atoms with Gasteiger partial charge < -0.3 is 4.90 Å². The fourth-order valence-electron chi connectivity index (χ4n) is 4.22. The molecule has 1 heteroatoms. The fraction of sp³-hybridized carbons (Fsp3) is 0.360. The minimum atomic E-state index is 0.664. The zero-order chi connectivity index (χ0) is 18.3. The van der Waals surface area contributed by atoms with Gasteiger partial charge in [-0.3, -0.25) is 0 Å². The first-order valence-corrected chi connectivity index (χ1v) is 9.72. The third kappa shape index (κ3) is 3.49. The summed E-state index contributed by atoms with van der Waals surface area (Å²) in [4.78, 5) is 2.44. The molecule has 0 atom stereocenters. The minimum absolute atomic E-state index is 0.664. The van der Waals surface area contributed by atoms with Crippen LogP contribution in [0.4, 0.5) is 5.69 Å². The molecule has 0 amide bonds. The van der Waals surface area contributed by atoms with Crippen LogP contribution in [0.1, 0.15) is 35.1 Å². The Labute approximate surface area is 157 Å². The first-order chi connectivity index (χ1) is 12.4. The highest BCUT2D eigenvalue weighted by molar-refractivity contribution is 5.83. The molecule has 1 fully saturated rings. The lowest BCUT2D eigenvalue weighted by atomic mass is 9.89. The van der Waals surface area contributed by atoms with E-state index in [1.807, 2.05) is 0 Å². The second-order valence-electron chi connectivity index (χ2n) is 8.52. The third-order valence-corrected chi connectivity index (χ3v) is 5.90. The lowest BCUT2D eigenvalue weighted by molar-refractivity contribution is 0.487. The molecule has 0 aromatic heterocycles. The van der Waals surface area contributed by atoms with E-state index < -0.39 is 0 Å². The van der Waals surface area contributed by atoms with Crippen molar-refractivity contribution in [2.45, 2.75) is 40.0 Å². The molecule has 3 aromatic carbocycles. The van der Waals surface area contributed by atoms with Crippen molar-refractivity contribution in [1.82, 2.24) is 0 Å². The molecular weight excluding hydrogens is 314 g/mol. The molecule has 0 N–H and O–H groups in total. The zero-order valence-electron chi connectivity index (χ0n) is 16.5. The van der Waals surface area contributed by atoms with Gasteiger partial charge in [-0.2, -0.15) is 0 Å². The molecule has 3 aromatic rings. The van der Waals surface area contributed by atoms with Crippen LogP contribution in [0.25, 0.3) is 10.8 Å². The van der Waals surface area contributed by atoms with Crippen molar-refractivity contribution in [2.75, 3.05) is 18.5 Å². The molecule has 0 bridgehead atoms. The van der Waals surface area contributed by atoms with Crippen LogP contribution in [0, 0.1) is 26.2 Å². The van der Waals surface area contributed by atoms with Crippen molar-refractivity contribution in [3.8, 4) is 0 Å². The summed E-state index contributed by atoms with van der Waals surface area (Å²) >= 11 is 0. The summed E-state index contributed by atoms with van der Waals surface area (Å²) in [5.41, 5.74) is 7.71. The Morgan fingerprint density at radius 3 is 1.85 bits per heavy atom. The number of aryl methyl sites for hydroxylation is 3. The molecule has 0 unspecified atom stereocenters. The maximum absolute atomic E-state index is 2.44. The molecule has 0 saturated heterocycles. The van der Waals surface area contributed by atoms with Crippen molar-refractivity contribution in [3.05, 3.63) is 76.9 Å². The van der Waals surface area contributed by atoms with Crippen molar-refractivity contribution in [1.29, 1.82) is 0 Å². The van der Waals surface area contributed by atoms with Crippen molar-refractivity contribution < 1.29 is 0 Å². The second-order valence-corrected chi connectivity index (χ2v) is 8.52. The van der Waals surface area contributed by atoms with Gasteiger partial charge in [-0.1, -0.05) is 59.7 Å². The Morgan fingerprint density at radius 1 is 0.731 bits per heavy atom. The number of rotatable bonds is 0. The van der Waals surface area contributed by atoms with Gasteiger partial charge in [0.15, 0.2) is 0 Å². The maximum Gasteiger partial charge on any atom is 0.0399 e. The molecule has 1 heterocycles. The minimum Gasteiger partial charge on any atom is -0.374 e. The monoisotopic (exact) mass is 343 g/mol. The Morgan fingerprint density at radius 2 is 1.27 bits per heavy atom. The molecular formula is C25H29N. The standard InChI is InChI=1S/C13H17N.C12H12/c1-10-3-4-11-8-13(5-6-13)9-14(2)12(11)7-10;1-9-3-5-12-8-10(2)4-6-11(12)7-9/h3-4,7H,5-6,8-9H2,1-2H3;3-8H,1-2H3. The first kappa shape index (κ1) is 17.1. The van der Waals surface area contributed by atoms with E-state index in [4.69, 9.17) is 0 Å². The Hall–Kier alpha value is -2.28. The average Bonchev–Trinajstić information content (AvgIpc) is 3.35. The molecule has 26 heavy (non-hydrogen) atoms. The number of hydrogen-bond acceptors (Lipinski definition) is 1. The van der Waals surface area contributed by atoms with Gasteiger partial charge in [0.2, 0.25) is 0 Å². The number of nitrogens with zero attached hydrogens (tertiary/aromatic N) is 1. The van der Waals surface area contributed by atoms with Gasteiger partial charge >= 0.3 is 0 Å². The SMILES string of the molecule is Cc1ccc2c(c1)N(C)CC1(CC1)C2.Cc1ccc2cc(C)ccc2c1. The van der Waals surface area contributed by atoms with Crippen molar-refractivity contribution in [3.63, 3.8) is 0 Å². The summed E-state index contributed by atoms with van der Waals surface area (Å²) in [5, 5.41) is 2.67. The topological polar surface area (TPSA) is 3.24 Å². The molecule has 134 valence electrons. The summed E-state index contributed by atoms with van der Waals surface area (Å²) in [5.74, 6) is 0. The fourth-order valence-corrected chi connectivity index (χ4v) is 4.22. The Bertz CT molecular complexity index is 908. The van der Waals surface area contributed by atoms with E-state index in [0.29, 0.717) is 5.41 Å². The molecule has 1 aliphatic heterocycles. The van der Waals surface area contributed by atoms with Gasteiger partial charge in [0.1, 0.15) is 0 Å². The van der Waals surface area contributed by atoms with E-state index >= 15 is 0 Å². The summed E-state index contributed by atoms with van der Waals surface area (Å²) in [6, 6.07) is 20.0. The van der Waals surface area contributed by atoms with E-state index in [0.717, 1.165) is 0 Å². The van der Waals surface area contributed by atoms with Gasteiger partial charge in [-0.15, -0.1) is 0 Å². The quantitative estimate of drug-likeness (QED) is 0.468. The summed E-state index contributed by atoms with van der Waals surface area (Å²) in [6.45, 7) is 7.69. The largest absolute Gasteiger partial charge is 0.374 e. The summed E-state index contributed by atoms with van der Waals surface area (Å²) in [7, 11) is 2.23. The lowest BCUT2D eigenvalue weighted by Crippen LogP contribution is -2.33. The highest BCUT2D eigenvalue weighted by Crippen LogP contribution is 2.52. The van der Waals surface area contributed by atoms with E-state index in [9.17, 15) is 0 Å². The normalized spacial score (nSPS) is 16.8. The first-order valence-electron chi connectivity index (χ1n) is 9.72. The van der Waals surface area contributed by atoms with Gasteiger partial charge in [-0.05, 0) is 73.4 Å². The lowest BCUT2D eigenvalue weighted by Gasteiger charge is -2.34. The maximum atomic E-state index is 2.44. The van der Waals surface area contributed by atoms with E-state index in [1.165, 1.54) is 59.0 Å². The Balaban J connectivity index is 0.000000131. The number of anilines is 1. The van der Waals surface area contributed by atoms with Crippen LogP contribution in [-0.4, -0.2) is 13.6 Å². The molecule has 1 spiro atoms. The van der Waals surface area contributed by atoms with Crippen LogP contribution in [-0.2, 0) is 6.42 Å². The molecule has 0 radical (unpaired) electrons. The number of hydrogen-bond donors (Lipinski definition) is 0. The van der Waals surface area contributed by atoms with Gasteiger partial charge in [0, 0.05) is 19.3 Å². The molecule has 5 rings (SSSR count). The molecule has 1 aliphatic carbocycles. The number of benzene rings is 3. The van der Waals surface area contributed by atoms with Crippen LogP contribution in [0.2, 0.25) is 0 Å². The van der Waals surface area contributed by atoms with Crippen LogP contribution < -0.4 is 4.90 Å². The highest BCUT2D eigenvalue weighted by Gasteiger charge is 2.46. The van der Waals surface area contributed by atoms with E-state index in [-0.39, 0.29) is 0 Å². The summed E-state index contributed by atoms with van der Waals surface area (Å²) < 4.78 is 0. The highest BCUT2D eigenvalue weighted by atomic mass is 15.1. The Kier molecular flexibility index (Phi) is 4.26. The second kappa shape index (κ2) is 6.46. The van der Waals surface area contributed by atoms with E-state index in [2.05, 4.69) is 87.3 Å². The van der Waals surface area contributed by atoms with Crippen LogP contribution in [0.3, 0.4) is 0 Å². The predicted octanol–water partition coefficient (Wildman–Crippen LogP) is 6.22.